The van der Waals surface area contributed by atoms with Gasteiger partial charge in [0.25, 0.3) is 10.1 Å². The highest BCUT2D eigenvalue weighted by Crippen LogP contribution is 2.23. The van der Waals surface area contributed by atoms with Crippen molar-refractivity contribution in [1.29, 1.82) is 0 Å². The van der Waals surface area contributed by atoms with Crippen LogP contribution >= 0.6 is 0 Å². The van der Waals surface area contributed by atoms with Crippen LogP contribution in [-0.4, -0.2) is 27.6 Å². The van der Waals surface area contributed by atoms with Gasteiger partial charge in [0.1, 0.15) is 12.5 Å². The van der Waals surface area contributed by atoms with Crippen LogP contribution in [0.15, 0.2) is 36.8 Å². The minimum atomic E-state index is -3.35. The Kier molecular flexibility index (Phi) is 24.5. The quantitative estimate of drug-likeness (QED) is 0.0499. The molecule has 1 aliphatic heterocycles. The van der Waals surface area contributed by atoms with Gasteiger partial charge in [0.2, 0.25) is 6.29 Å². The van der Waals surface area contributed by atoms with Crippen molar-refractivity contribution in [2.75, 3.05) is 12.9 Å². The van der Waals surface area contributed by atoms with Gasteiger partial charge in [-0.3, -0.25) is 4.18 Å². The highest BCUT2D eigenvalue weighted by molar-refractivity contribution is 7.85. The van der Waals surface area contributed by atoms with E-state index in [1.807, 2.05) is 0 Å². The molecule has 6 heteroatoms. The summed E-state index contributed by atoms with van der Waals surface area (Å²) in [5, 5.41) is 0. The monoisotopic (exact) mass is 582 g/mol. The second kappa shape index (κ2) is 26.6. The lowest BCUT2D eigenvalue weighted by molar-refractivity contribution is -0.0295. The molecule has 0 amide bonds. The van der Waals surface area contributed by atoms with Crippen molar-refractivity contribution in [2.45, 2.75) is 161 Å². The van der Waals surface area contributed by atoms with Crippen molar-refractivity contribution in [2.24, 2.45) is 5.92 Å². The van der Waals surface area contributed by atoms with Gasteiger partial charge in [-0.25, -0.2) is 0 Å². The lowest BCUT2D eigenvalue weighted by Gasteiger charge is -2.17. The standard InChI is InChI=1S/C34H62O5S/c1-3-4-5-6-7-8-9-10-11-12-13-14-15-16-17-20-23-26-33(29-30-39-40(2,35)36)27-24-21-18-19-22-25-28-34-37-31-32-38-34/h7-8,10-11,31-34H,3-6,9,12-30H2,1-2H3/b8-7-,11-10-. The fourth-order valence-electron chi connectivity index (χ4n) is 5.26. The van der Waals surface area contributed by atoms with E-state index in [0.29, 0.717) is 12.5 Å². The zero-order chi connectivity index (χ0) is 29.0. The maximum atomic E-state index is 11.4. The van der Waals surface area contributed by atoms with Gasteiger partial charge in [0.05, 0.1) is 12.9 Å². The van der Waals surface area contributed by atoms with Crippen LogP contribution in [0.1, 0.15) is 155 Å². The Morgan fingerprint density at radius 2 is 1.18 bits per heavy atom. The fraction of sp³-hybridized carbons (Fsp3) is 0.824. The SMILES string of the molecule is CCCCC/C=C\C/C=C\CCCCCCCCCC(CCCCCCCCC1OC=CO1)CCOS(C)(=O)=O. The second-order valence-corrected chi connectivity index (χ2v) is 13.2. The molecule has 0 fully saturated rings. The molecule has 1 aliphatic rings. The Morgan fingerprint density at radius 1 is 0.675 bits per heavy atom. The average molecular weight is 583 g/mol. The van der Waals surface area contributed by atoms with E-state index in [1.165, 1.54) is 122 Å². The summed E-state index contributed by atoms with van der Waals surface area (Å²) < 4.78 is 38.4. The molecule has 1 atom stereocenters. The van der Waals surface area contributed by atoms with Crippen molar-refractivity contribution in [3.63, 3.8) is 0 Å². The van der Waals surface area contributed by atoms with Gasteiger partial charge in [-0.1, -0.05) is 128 Å². The third-order valence-corrected chi connectivity index (χ3v) is 8.30. The lowest BCUT2D eigenvalue weighted by Crippen LogP contribution is -2.10. The first-order valence-electron chi connectivity index (χ1n) is 16.6. The van der Waals surface area contributed by atoms with Gasteiger partial charge in [-0.05, 0) is 50.9 Å². The predicted octanol–water partition coefficient (Wildman–Crippen LogP) is 10.5. The summed E-state index contributed by atoms with van der Waals surface area (Å²) in [6, 6.07) is 0. The van der Waals surface area contributed by atoms with E-state index < -0.39 is 10.1 Å². The Hall–Kier alpha value is -1.27. The number of ether oxygens (including phenoxy) is 2. The molecule has 0 saturated carbocycles. The van der Waals surface area contributed by atoms with E-state index in [1.54, 1.807) is 12.5 Å². The molecule has 234 valence electrons. The Morgan fingerprint density at radius 3 is 1.73 bits per heavy atom. The number of hydrogen-bond acceptors (Lipinski definition) is 5. The Bertz CT molecular complexity index is 735. The first-order valence-corrected chi connectivity index (χ1v) is 18.4. The average Bonchev–Trinajstić information content (AvgIpc) is 3.44. The molecular formula is C34H62O5S. The molecule has 40 heavy (non-hydrogen) atoms. The van der Waals surface area contributed by atoms with Gasteiger partial charge < -0.3 is 9.47 Å². The van der Waals surface area contributed by atoms with E-state index in [0.717, 1.165) is 31.9 Å². The molecular weight excluding hydrogens is 520 g/mol. The van der Waals surface area contributed by atoms with Crippen LogP contribution in [0.2, 0.25) is 0 Å². The summed E-state index contributed by atoms with van der Waals surface area (Å²) in [4.78, 5) is 0. The number of allylic oxidation sites excluding steroid dienone is 4. The number of unbranched alkanes of at least 4 members (excludes halogenated alkanes) is 15. The molecule has 0 radical (unpaired) electrons. The fourth-order valence-corrected chi connectivity index (χ4v) is 5.65. The van der Waals surface area contributed by atoms with Gasteiger partial charge in [0.15, 0.2) is 0 Å². The van der Waals surface area contributed by atoms with Crippen LogP contribution in [0.5, 0.6) is 0 Å². The van der Waals surface area contributed by atoms with Crippen molar-refractivity contribution < 1.29 is 22.1 Å². The number of rotatable bonds is 29. The molecule has 1 rings (SSSR count). The molecule has 1 unspecified atom stereocenters. The molecule has 0 saturated heterocycles. The molecule has 0 aromatic rings. The topological polar surface area (TPSA) is 61.8 Å². The minimum absolute atomic E-state index is 0.0697. The molecule has 1 heterocycles. The zero-order valence-electron chi connectivity index (χ0n) is 26.0. The van der Waals surface area contributed by atoms with E-state index in [2.05, 4.69) is 31.2 Å². The maximum absolute atomic E-state index is 11.4. The van der Waals surface area contributed by atoms with Crippen LogP contribution in [0, 0.1) is 5.92 Å². The Labute approximate surface area is 248 Å². The van der Waals surface area contributed by atoms with Crippen LogP contribution in [0.25, 0.3) is 0 Å². The normalized spacial score (nSPS) is 14.8. The molecule has 0 bridgehead atoms. The molecule has 0 N–H and O–H groups in total. The second-order valence-electron chi connectivity index (χ2n) is 11.6. The number of hydrogen-bond donors (Lipinski definition) is 0. The third kappa shape index (κ3) is 25.7. The minimum Gasteiger partial charge on any atom is -0.459 e. The van der Waals surface area contributed by atoms with Gasteiger partial charge in [-0.15, -0.1) is 0 Å². The third-order valence-electron chi connectivity index (χ3n) is 7.70. The van der Waals surface area contributed by atoms with Crippen molar-refractivity contribution >= 4 is 10.1 Å². The summed E-state index contributed by atoms with van der Waals surface area (Å²) >= 11 is 0. The smallest absolute Gasteiger partial charge is 0.264 e. The first-order chi connectivity index (χ1) is 19.5. The summed E-state index contributed by atoms with van der Waals surface area (Å²) in [5.74, 6) is 0.573. The van der Waals surface area contributed by atoms with E-state index >= 15 is 0 Å². The summed E-state index contributed by atoms with van der Waals surface area (Å²) in [5.41, 5.74) is 0. The first kappa shape index (κ1) is 36.8. The maximum Gasteiger partial charge on any atom is 0.264 e. The van der Waals surface area contributed by atoms with Crippen LogP contribution in [-0.2, 0) is 23.8 Å². The molecule has 0 aromatic heterocycles. The summed E-state index contributed by atoms with van der Waals surface area (Å²) in [7, 11) is -3.35. The van der Waals surface area contributed by atoms with Gasteiger partial charge in [-0.2, -0.15) is 8.42 Å². The van der Waals surface area contributed by atoms with Gasteiger partial charge >= 0.3 is 0 Å². The largest absolute Gasteiger partial charge is 0.459 e. The highest BCUT2D eigenvalue weighted by Gasteiger charge is 2.12. The van der Waals surface area contributed by atoms with Crippen molar-refractivity contribution in [1.82, 2.24) is 0 Å². The van der Waals surface area contributed by atoms with Crippen molar-refractivity contribution in [3.05, 3.63) is 36.8 Å². The van der Waals surface area contributed by atoms with Crippen LogP contribution in [0.3, 0.4) is 0 Å². The van der Waals surface area contributed by atoms with E-state index in [-0.39, 0.29) is 6.29 Å². The van der Waals surface area contributed by atoms with E-state index in [9.17, 15) is 8.42 Å². The predicted molar refractivity (Wildman–Crippen MR) is 170 cm³/mol. The molecule has 0 aromatic carbocycles. The van der Waals surface area contributed by atoms with Crippen LogP contribution < -0.4 is 0 Å². The zero-order valence-corrected chi connectivity index (χ0v) is 26.9. The van der Waals surface area contributed by atoms with Crippen LogP contribution in [0.4, 0.5) is 0 Å². The van der Waals surface area contributed by atoms with Gasteiger partial charge in [0, 0.05) is 6.42 Å². The molecule has 5 nitrogen and oxygen atoms in total. The lowest BCUT2D eigenvalue weighted by atomic mass is 9.91. The van der Waals surface area contributed by atoms with Crippen molar-refractivity contribution in [3.8, 4) is 0 Å². The molecule has 0 spiro atoms. The Balaban J connectivity index is 2.02. The summed E-state index contributed by atoms with van der Waals surface area (Å²) in [6.45, 7) is 2.58. The molecule has 0 aliphatic carbocycles. The van der Waals surface area contributed by atoms with E-state index in [4.69, 9.17) is 13.7 Å². The summed E-state index contributed by atoms with van der Waals surface area (Å²) in [6.07, 6.45) is 41.9. The highest BCUT2D eigenvalue weighted by atomic mass is 32.2.